The Balaban J connectivity index is 1.15. The molecule has 3 aliphatic rings. The lowest BCUT2D eigenvalue weighted by Crippen LogP contribution is -2.43. The number of morpholine rings is 1. The maximum absolute atomic E-state index is 13.7. The van der Waals surface area contributed by atoms with Gasteiger partial charge in [-0.15, -0.1) is 0 Å². The Hall–Kier alpha value is -4.62. The van der Waals surface area contributed by atoms with Crippen LogP contribution in [-0.2, 0) is 14.3 Å². The van der Waals surface area contributed by atoms with Gasteiger partial charge in [-0.05, 0) is 49.6 Å². The molecule has 2 saturated heterocycles. The number of amides is 2. The summed E-state index contributed by atoms with van der Waals surface area (Å²) < 4.78 is 5.41. The van der Waals surface area contributed by atoms with E-state index >= 15 is 0 Å². The van der Waals surface area contributed by atoms with Crippen LogP contribution in [-0.4, -0.2) is 122 Å². The maximum Gasteiger partial charge on any atom is 0.237 e. The molecule has 0 spiro atoms. The molecule has 3 aliphatic heterocycles. The number of carbonyl (C=O) groups excluding carboxylic acids is 2. The highest BCUT2D eigenvalue weighted by Gasteiger charge is 2.34. The average molecular weight is 629 g/mol. The minimum atomic E-state index is -0.238. The summed E-state index contributed by atoms with van der Waals surface area (Å²) in [7, 11) is 1.64. The number of aliphatic imine (C=N–C) groups is 2. The lowest BCUT2D eigenvalue weighted by molar-refractivity contribution is -0.132. The van der Waals surface area contributed by atoms with E-state index < -0.39 is 0 Å². The van der Waals surface area contributed by atoms with Crippen LogP contribution in [0.15, 0.2) is 52.5 Å². The van der Waals surface area contributed by atoms with Crippen LogP contribution in [0.5, 0.6) is 0 Å². The molecule has 1 atom stereocenters. The number of likely N-dealkylation sites (tertiary alicyclic amines) is 1. The maximum atomic E-state index is 13.7. The molecular formula is C33H44N10O3. The Kier molecular flexibility index (Phi) is 10.8. The van der Waals surface area contributed by atoms with Crippen LogP contribution in [0.25, 0.3) is 5.57 Å². The number of hydrogen-bond acceptors (Lipinski definition) is 8. The Morgan fingerprint density at radius 1 is 1.11 bits per heavy atom. The highest BCUT2D eigenvalue weighted by Crippen LogP contribution is 2.26. The number of nitrogen functional groups attached to an aromatic ring is 1. The van der Waals surface area contributed by atoms with E-state index in [1.807, 2.05) is 41.0 Å². The number of aromatic nitrogens is 1. The number of nitrogens with two attached hydrogens (primary N) is 2. The van der Waals surface area contributed by atoms with Crippen molar-refractivity contribution < 1.29 is 14.3 Å². The van der Waals surface area contributed by atoms with Gasteiger partial charge in [0.1, 0.15) is 29.5 Å². The quantitative estimate of drug-likeness (QED) is 0.278. The summed E-state index contributed by atoms with van der Waals surface area (Å²) in [5.41, 5.74) is 16.1. The SMILES string of the molecule is CCN(C(=O)[C@@H]1CCN(CC(=O)N2CC=C(c3ccc(C(N)=NC=NC)cc3)CC2)C1)c1ccc(N)c(C(=N)N2CCOCC2)n1. The van der Waals surface area contributed by atoms with Crippen molar-refractivity contribution in [3.63, 3.8) is 0 Å². The zero-order valence-electron chi connectivity index (χ0n) is 26.7. The smallest absolute Gasteiger partial charge is 0.237 e. The van der Waals surface area contributed by atoms with Crippen molar-refractivity contribution in [2.75, 3.05) is 83.3 Å². The molecule has 46 heavy (non-hydrogen) atoms. The van der Waals surface area contributed by atoms with Gasteiger partial charge in [0.2, 0.25) is 11.8 Å². The lowest BCUT2D eigenvalue weighted by Gasteiger charge is -2.30. The van der Waals surface area contributed by atoms with Crippen molar-refractivity contribution in [3.05, 3.63) is 59.3 Å². The van der Waals surface area contributed by atoms with Gasteiger partial charge < -0.3 is 26.0 Å². The first kappa shape index (κ1) is 32.8. The van der Waals surface area contributed by atoms with Crippen LogP contribution in [0.3, 0.4) is 0 Å². The van der Waals surface area contributed by atoms with Crippen LogP contribution in [0, 0.1) is 11.3 Å². The first-order chi connectivity index (χ1) is 22.3. The van der Waals surface area contributed by atoms with E-state index in [0.717, 1.165) is 17.5 Å². The van der Waals surface area contributed by atoms with Crippen molar-refractivity contribution in [2.45, 2.75) is 19.8 Å². The molecule has 0 saturated carbocycles. The fourth-order valence-electron chi connectivity index (χ4n) is 6.06. The van der Waals surface area contributed by atoms with Gasteiger partial charge >= 0.3 is 0 Å². The molecule has 2 fully saturated rings. The number of carbonyl (C=O) groups is 2. The summed E-state index contributed by atoms with van der Waals surface area (Å²) >= 11 is 0. The van der Waals surface area contributed by atoms with E-state index in [4.69, 9.17) is 21.6 Å². The number of hydrogen-bond donors (Lipinski definition) is 3. The molecule has 4 heterocycles. The summed E-state index contributed by atoms with van der Waals surface area (Å²) in [4.78, 5) is 47.0. The number of benzene rings is 1. The largest absolute Gasteiger partial charge is 0.397 e. The molecule has 1 aromatic heterocycles. The van der Waals surface area contributed by atoms with E-state index in [1.165, 1.54) is 11.9 Å². The molecule has 2 aromatic rings. The number of nitrogens with zero attached hydrogens (tertiary/aromatic N) is 7. The van der Waals surface area contributed by atoms with Crippen LogP contribution < -0.4 is 16.4 Å². The van der Waals surface area contributed by atoms with Crippen molar-refractivity contribution in [3.8, 4) is 0 Å². The third kappa shape index (κ3) is 7.60. The number of pyridine rings is 1. The monoisotopic (exact) mass is 628 g/mol. The molecular weight excluding hydrogens is 584 g/mol. The van der Waals surface area contributed by atoms with E-state index in [9.17, 15) is 9.59 Å². The van der Waals surface area contributed by atoms with Crippen LogP contribution >= 0.6 is 0 Å². The van der Waals surface area contributed by atoms with Crippen molar-refractivity contribution >= 4 is 46.9 Å². The fourth-order valence-corrected chi connectivity index (χ4v) is 6.06. The van der Waals surface area contributed by atoms with Gasteiger partial charge in [-0.25, -0.2) is 9.98 Å². The highest BCUT2D eigenvalue weighted by atomic mass is 16.5. The Morgan fingerprint density at radius 3 is 2.54 bits per heavy atom. The fraction of sp³-hybridized carbons (Fsp3) is 0.455. The summed E-state index contributed by atoms with van der Waals surface area (Å²) in [5, 5.41) is 8.67. The molecule has 0 aliphatic carbocycles. The van der Waals surface area contributed by atoms with E-state index in [1.54, 1.807) is 24.1 Å². The van der Waals surface area contributed by atoms with Gasteiger partial charge in [0.05, 0.1) is 31.4 Å². The zero-order valence-corrected chi connectivity index (χ0v) is 26.7. The van der Waals surface area contributed by atoms with Gasteiger partial charge in [0.25, 0.3) is 0 Å². The molecule has 2 amide bonds. The molecule has 0 radical (unpaired) electrons. The first-order valence-corrected chi connectivity index (χ1v) is 15.8. The van der Waals surface area contributed by atoms with Crippen molar-refractivity contribution in [1.82, 2.24) is 19.7 Å². The summed E-state index contributed by atoms with van der Waals surface area (Å²) in [6, 6.07) is 11.4. The number of amidine groups is 2. The third-order valence-electron chi connectivity index (χ3n) is 8.73. The molecule has 5 N–H and O–H groups in total. The number of nitrogens with one attached hydrogen (secondary N) is 1. The second-order valence-corrected chi connectivity index (χ2v) is 11.6. The third-order valence-corrected chi connectivity index (χ3v) is 8.73. The Morgan fingerprint density at radius 2 is 1.87 bits per heavy atom. The Labute approximate surface area is 270 Å². The minimum absolute atomic E-state index is 0.0262. The summed E-state index contributed by atoms with van der Waals surface area (Å²) in [6.07, 6.45) is 4.98. The Bertz CT molecular complexity index is 1510. The van der Waals surface area contributed by atoms with E-state index in [2.05, 4.69) is 25.9 Å². The van der Waals surface area contributed by atoms with Crippen LogP contribution in [0.2, 0.25) is 0 Å². The van der Waals surface area contributed by atoms with E-state index in [-0.39, 0.29) is 30.1 Å². The number of ether oxygens (including phenoxy) is 1. The van der Waals surface area contributed by atoms with Crippen molar-refractivity contribution in [1.29, 1.82) is 5.41 Å². The highest BCUT2D eigenvalue weighted by molar-refractivity contribution is 6.02. The molecule has 5 rings (SSSR count). The lowest BCUT2D eigenvalue weighted by atomic mass is 9.98. The van der Waals surface area contributed by atoms with Crippen LogP contribution in [0.1, 0.15) is 36.6 Å². The van der Waals surface area contributed by atoms with Gasteiger partial charge in [-0.2, -0.15) is 0 Å². The molecule has 244 valence electrons. The van der Waals surface area contributed by atoms with Gasteiger partial charge in [-0.1, -0.05) is 30.3 Å². The first-order valence-electron chi connectivity index (χ1n) is 15.8. The molecule has 13 heteroatoms. The number of rotatable bonds is 9. The summed E-state index contributed by atoms with van der Waals surface area (Å²) in [6.45, 7) is 7.34. The molecule has 0 bridgehead atoms. The second-order valence-electron chi connectivity index (χ2n) is 11.6. The van der Waals surface area contributed by atoms with Crippen LogP contribution in [0.4, 0.5) is 11.5 Å². The standard InChI is InChI=1S/C33H44N10O3/c1-3-43(28-9-8-27(34)30(39-28)32(36)42-16-18-46-19-17-42)33(45)26-10-13-40(20-26)21-29(44)41-14-11-24(12-15-41)23-4-6-25(7-5-23)31(35)38-22-37-2/h4-9,11,22,26,36H,3,10,12-21,34H2,1-2H3,(H2,35,37,38)/t26-/m1/s1. The topological polar surface area (TPSA) is 170 Å². The average Bonchev–Trinajstić information content (AvgIpc) is 3.56. The minimum Gasteiger partial charge on any atom is -0.397 e. The van der Waals surface area contributed by atoms with Gasteiger partial charge in [-0.3, -0.25) is 29.8 Å². The van der Waals surface area contributed by atoms with Gasteiger partial charge in [0, 0.05) is 51.9 Å². The van der Waals surface area contributed by atoms with Gasteiger partial charge in [0.15, 0.2) is 0 Å². The molecule has 0 unspecified atom stereocenters. The summed E-state index contributed by atoms with van der Waals surface area (Å²) in [5.74, 6) is 0.941. The molecule has 1 aromatic carbocycles. The van der Waals surface area contributed by atoms with Crippen molar-refractivity contribution in [2.24, 2.45) is 21.6 Å². The number of anilines is 2. The van der Waals surface area contributed by atoms with E-state index in [0.29, 0.717) is 88.5 Å². The normalized spacial score (nSPS) is 19.4. The zero-order chi connectivity index (χ0) is 32.6. The predicted octanol–water partition coefficient (Wildman–Crippen LogP) is 1.68. The molecule has 13 nitrogen and oxygen atoms in total. The predicted molar refractivity (Wildman–Crippen MR) is 181 cm³/mol. The second kappa shape index (κ2) is 15.1.